The molecule has 0 fully saturated rings. The summed E-state index contributed by atoms with van der Waals surface area (Å²) in [5.74, 6) is 0. The van der Waals surface area contributed by atoms with Crippen molar-refractivity contribution in [1.29, 1.82) is 0 Å². The maximum Gasteiger partial charge on any atom is 0.314 e. The summed E-state index contributed by atoms with van der Waals surface area (Å²) in [4.78, 5) is 10.5. The molecular weight excluding hydrogens is 234 g/mol. The lowest BCUT2D eigenvalue weighted by Crippen LogP contribution is -2.33. The van der Waals surface area contributed by atoms with Crippen LogP contribution in [0.3, 0.4) is 0 Å². The fourth-order valence-electron chi connectivity index (χ4n) is 1.66. The quantitative estimate of drug-likeness (QED) is 0.461. The largest absolute Gasteiger partial charge is 0.393 e. The van der Waals surface area contributed by atoms with E-state index >= 15 is 0 Å². The van der Waals surface area contributed by atoms with E-state index < -0.39 is 10.5 Å². The van der Waals surface area contributed by atoms with Crippen molar-refractivity contribution in [2.24, 2.45) is 0 Å². The highest BCUT2D eigenvalue weighted by Gasteiger charge is 2.21. The highest BCUT2D eigenvalue weighted by atomic mass is 16.6. The molecule has 18 heavy (non-hydrogen) atoms. The van der Waals surface area contributed by atoms with Gasteiger partial charge in [0.1, 0.15) is 11.4 Å². The molecule has 0 radical (unpaired) electrons. The molecule has 0 amide bonds. The van der Waals surface area contributed by atoms with Crippen molar-refractivity contribution in [3.05, 3.63) is 28.3 Å². The molecule has 0 aliphatic rings. The number of anilines is 2. The van der Waals surface area contributed by atoms with Crippen LogP contribution in [-0.4, -0.2) is 23.7 Å². The predicted octanol–water partition coefficient (Wildman–Crippen LogP) is 2.40. The number of nitrogens with zero attached hydrogens (tertiary/aromatic N) is 1. The van der Waals surface area contributed by atoms with Crippen LogP contribution in [0.1, 0.15) is 20.8 Å². The molecule has 0 aliphatic heterocycles. The fraction of sp³-hybridized carbons (Fsp3) is 0.500. The van der Waals surface area contributed by atoms with Crippen molar-refractivity contribution in [2.75, 3.05) is 24.2 Å². The fourth-order valence-corrected chi connectivity index (χ4v) is 1.66. The number of nitro benzene ring substituents is 1. The van der Waals surface area contributed by atoms with Crippen molar-refractivity contribution in [3.8, 4) is 0 Å². The first kappa shape index (κ1) is 14.2. The molecule has 1 rings (SSSR count). The van der Waals surface area contributed by atoms with E-state index in [1.165, 1.54) is 6.07 Å². The molecule has 3 N–H and O–H groups in total. The zero-order chi connectivity index (χ0) is 13.8. The van der Waals surface area contributed by atoms with Crippen molar-refractivity contribution in [3.63, 3.8) is 0 Å². The van der Waals surface area contributed by atoms with Gasteiger partial charge in [-0.15, -0.1) is 0 Å². The minimum atomic E-state index is -0.481. The van der Waals surface area contributed by atoms with Gasteiger partial charge < -0.3 is 15.8 Å². The van der Waals surface area contributed by atoms with Crippen molar-refractivity contribution in [2.45, 2.75) is 26.4 Å². The van der Waals surface area contributed by atoms with E-state index in [0.29, 0.717) is 18.8 Å². The standard InChI is InChI=1S/C12H19N3O3/c1-4-18-12(2,3)8-14-10-7-5-6-9(13)11(10)15(16)17/h5-7,14H,4,8,13H2,1-3H3. The minimum absolute atomic E-state index is 0.0928. The first-order valence-electron chi connectivity index (χ1n) is 5.78. The summed E-state index contributed by atoms with van der Waals surface area (Å²) in [7, 11) is 0. The van der Waals surface area contributed by atoms with Gasteiger partial charge in [0.15, 0.2) is 0 Å². The van der Waals surface area contributed by atoms with Gasteiger partial charge in [-0.2, -0.15) is 0 Å². The van der Waals surface area contributed by atoms with Gasteiger partial charge in [-0.3, -0.25) is 10.1 Å². The van der Waals surface area contributed by atoms with Gasteiger partial charge in [0.2, 0.25) is 0 Å². The SMILES string of the molecule is CCOC(C)(C)CNc1cccc(N)c1[N+](=O)[O-]. The number of para-hydroxylation sites is 1. The second kappa shape index (κ2) is 5.68. The molecule has 0 atom stereocenters. The topological polar surface area (TPSA) is 90.4 Å². The lowest BCUT2D eigenvalue weighted by Gasteiger charge is -2.25. The monoisotopic (exact) mass is 253 g/mol. The predicted molar refractivity (Wildman–Crippen MR) is 71.7 cm³/mol. The normalized spacial score (nSPS) is 11.3. The molecule has 1 aromatic rings. The average Bonchev–Trinajstić information content (AvgIpc) is 2.26. The number of nitrogens with two attached hydrogens (primary N) is 1. The Labute approximate surface area is 106 Å². The lowest BCUT2D eigenvalue weighted by molar-refractivity contribution is -0.383. The van der Waals surface area contributed by atoms with E-state index in [9.17, 15) is 10.1 Å². The summed E-state index contributed by atoms with van der Waals surface area (Å²) in [6.07, 6.45) is 0. The number of nitrogen functional groups attached to an aromatic ring is 1. The van der Waals surface area contributed by atoms with E-state index in [4.69, 9.17) is 10.5 Å². The highest BCUT2D eigenvalue weighted by molar-refractivity contribution is 5.74. The lowest BCUT2D eigenvalue weighted by atomic mass is 10.1. The van der Waals surface area contributed by atoms with E-state index in [1.54, 1.807) is 12.1 Å². The highest BCUT2D eigenvalue weighted by Crippen LogP contribution is 2.30. The summed E-state index contributed by atoms with van der Waals surface area (Å²) < 4.78 is 5.52. The van der Waals surface area contributed by atoms with Crippen LogP contribution in [0.5, 0.6) is 0 Å². The molecule has 100 valence electrons. The molecule has 6 nitrogen and oxygen atoms in total. The molecule has 0 bridgehead atoms. The van der Waals surface area contributed by atoms with Crippen LogP contribution in [0.2, 0.25) is 0 Å². The Morgan fingerprint density at radius 2 is 2.17 bits per heavy atom. The first-order valence-corrected chi connectivity index (χ1v) is 5.78. The van der Waals surface area contributed by atoms with Crippen molar-refractivity contribution in [1.82, 2.24) is 0 Å². The molecule has 0 saturated heterocycles. The van der Waals surface area contributed by atoms with E-state index in [2.05, 4.69) is 5.32 Å². The number of ether oxygens (including phenoxy) is 1. The summed E-state index contributed by atoms with van der Waals surface area (Å²) in [5, 5.41) is 14.0. The van der Waals surface area contributed by atoms with Crippen molar-refractivity contribution < 1.29 is 9.66 Å². The van der Waals surface area contributed by atoms with Gasteiger partial charge in [0.05, 0.1) is 10.5 Å². The molecule has 6 heteroatoms. The van der Waals surface area contributed by atoms with Gasteiger partial charge in [-0.25, -0.2) is 0 Å². The first-order chi connectivity index (χ1) is 8.37. The molecule has 0 aromatic heterocycles. The van der Waals surface area contributed by atoms with E-state index in [1.807, 2.05) is 20.8 Å². The Morgan fingerprint density at radius 1 is 1.50 bits per heavy atom. The third-order valence-corrected chi connectivity index (χ3v) is 2.49. The molecule has 1 aromatic carbocycles. The zero-order valence-corrected chi connectivity index (χ0v) is 10.9. The summed E-state index contributed by atoms with van der Waals surface area (Å²) >= 11 is 0. The number of hydrogen-bond donors (Lipinski definition) is 2. The maximum absolute atomic E-state index is 10.9. The molecule has 0 saturated carbocycles. The van der Waals surface area contributed by atoms with E-state index in [-0.39, 0.29) is 11.4 Å². The summed E-state index contributed by atoms with van der Waals surface area (Å²) in [6, 6.07) is 4.83. The minimum Gasteiger partial charge on any atom is -0.393 e. The van der Waals surface area contributed by atoms with Crippen LogP contribution < -0.4 is 11.1 Å². The van der Waals surface area contributed by atoms with Gasteiger partial charge in [0.25, 0.3) is 0 Å². The Kier molecular flexibility index (Phi) is 4.49. The van der Waals surface area contributed by atoms with Crippen LogP contribution in [0.15, 0.2) is 18.2 Å². The molecule has 0 unspecified atom stereocenters. The summed E-state index contributed by atoms with van der Waals surface area (Å²) in [6.45, 7) is 6.80. The summed E-state index contributed by atoms with van der Waals surface area (Å²) in [5.41, 5.74) is 5.68. The van der Waals surface area contributed by atoms with Crippen molar-refractivity contribution >= 4 is 17.1 Å². The van der Waals surface area contributed by atoms with E-state index in [0.717, 1.165) is 0 Å². The van der Waals surface area contributed by atoms with Crippen LogP contribution in [0.25, 0.3) is 0 Å². The Morgan fingerprint density at radius 3 is 2.72 bits per heavy atom. The third kappa shape index (κ3) is 3.59. The van der Waals surface area contributed by atoms with Gasteiger partial charge in [0, 0.05) is 13.2 Å². The van der Waals surface area contributed by atoms with Crippen LogP contribution >= 0.6 is 0 Å². The molecule has 0 heterocycles. The molecular formula is C12H19N3O3. The van der Waals surface area contributed by atoms with Crippen LogP contribution in [-0.2, 0) is 4.74 Å². The number of nitrogens with one attached hydrogen (secondary N) is 1. The molecule has 0 spiro atoms. The zero-order valence-electron chi connectivity index (χ0n) is 10.9. The number of nitro groups is 1. The Bertz CT molecular complexity index is 433. The van der Waals surface area contributed by atoms with Crippen LogP contribution in [0, 0.1) is 10.1 Å². The van der Waals surface area contributed by atoms with Gasteiger partial charge >= 0.3 is 5.69 Å². The molecule has 0 aliphatic carbocycles. The second-order valence-corrected chi connectivity index (χ2v) is 4.55. The third-order valence-electron chi connectivity index (χ3n) is 2.49. The maximum atomic E-state index is 10.9. The smallest absolute Gasteiger partial charge is 0.314 e. The van der Waals surface area contributed by atoms with Crippen LogP contribution in [0.4, 0.5) is 17.1 Å². The number of benzene rings is 1. The average molecular weight is 253 g/mol. The second-order valence-electron chi connectivity index (χ2n) is 4.55. The Balaban J connectivity index is 2.85. The number of hydrogen-bond acceptors (Lipinski definition) is 5. The van der Waals surface area contributed by atoms with Gasteiger partial charge in [-0.05, 0) is 32.9 Å². The number of rotatable bonds is 6. The Hall–Kier alpha value is -1.82. The van der Waals surface area contributed by atoms with Gasteiger partial charge in [-0.1, -0.05) is 6.07 Å².